The molecule has 1 aliphatic rings. The second-order valence-corrected chi connectivity index (χ2v) is 7.67. The number of pyridine rings is 2. The van der Waals surface area contributed by atoms with Gasteiger partial charge in [-0.2, -0.15) is 0 Å². The minimum atomic E-state index is -0.595. The molecule has 0 aliphatic heterocycles. The van der Waals surface area contributed by atoms with Crippen LogP contribution in [0.3, 0.4) is 0 Å². The number of rotatable bonds is 8. The summed E-state index contributed by atoms with van der Waals surface area (Å²) in [7, 11) is 1.79. The molecule has 2 amide bonds. The molecule has 0 bridgehead atoms. The fourth-order valence-electron chi connectivity index (χ4n) is 3.51. The van der Waals surface area contributed by atoms with E-state index < -0.39 is 11.9 Å². The van der Waals surface area contributed by atoms with Crippen molar-refractivity contribution in [3.8, 4) is 0 Å². The molecule has 2 heterocycles. The van der Waals surface area contributed by atoms with Crippen molar-refractivity contribution in [3.63, 3.8) is 0 Å². The van der Waals surface area contributed by atoms with Gasteiger partial charge in [0.25, 0.3) is 5.91 Å². The lowest BCUT2D eigenvalue weighted by molar-refractivity contribution is -0.119. The summed E-state index contributed by atoms with van der Waals surface area (Å²) in [5.74, 6) is 0.392. The lowest BCUT2D eigenvalue weighted by Crippen LogP contribution is -2.43. The highest BCUT2D eigenvalue weighted by molar-refractivity contribution is 5.99. The normalized spacial score (nSPS) is 14.3. The Morgan fingerprint density at radius 3 is 2.70 bits per heavy atom. The number of amides is 2. The SMILES string of the molecule is CN(c1ccc(C(N)=O)c(Nc2ccc3cccnc3c2)n1)C(CC1CC1)C(N)=O. The fraction of sp³-hybridized carbons (Fsp3) is 0.273. The molecule has 0 radical (unpaired) electrons. The number of nitrogens with one attached hydrogen (secondary N) is 1. The zero-order valence-corrected chi connectivity index (χ0v) is 16.7. The largest absolute Gasteiger partial charge is 0.368 e. The highest BCUT2D eigenvalue weighted by Gasteiger charge is 2.31. The molecule has 1 saturated carbocycles. The predicted octanol–water partition coefficient (Wildman–Crippen LogP) is 2.56. The number of nitrogens with two attached hydrogens (primary N) is 2. The highest BCUT2D eigenvalue weighted by atomic mass is 16.1. The molecule has 1 atom stereocenters. The van der Waals surface area contributed by atoms with Gasteiger partial charge in [-0.05, 0) is 42.7 Å². The number of fused-ring (bicyclic) bond motifs is 1. The molecule has 0 spiro atoms. The van der Waals surface area contributed by atoms with Crippen molar-refractivity contribution < 1.29 is 9.59 Å². The standard InChI is InChI=1S/C22H24N6O2/c1-28(18(21(24)30)11-13-4-5-13)19-9-8-16(20(23)29)22(27-19)26-15-7-6-14-3-2-10-25-17(14)12-15/h2-3,6-10,12-13,18H,4-5,11H2,1H3,(H2,23,29)(H2,24,30)(H,26,27). The van der Waals surface area contributed by atoms with Gasteiger partial charge in [-0.3, -0.25) is 14.6 Å². The number of primary amides is 2. The average molecular weight is 404 g/mol. The first kappa shape index (κ1) is 19.6. The molecule has 2 aromatic heterocycles. The van der Waals surface area contributed by atoms with Crippen LogP contribution < -0.4 is 21.7 Å². The second kappa shape index (κ2) is 7.98. The van der Waals surface area contributed by atoms with E-state index in [0.29, 0.717) is 24.0 Å². The minimum Gasteiger partial charge on any atom is -0.368 e. The molecule has 1 aliphatic carbocycles. The Hall–Kier alpha value is -3.68. The van der Waals surface area contributed by atoms with Gasteiger partial charge in [0.15, 0.2) is 0 Å². The predicted molar refractivity (Wildman–Crippen MR) is 117 cm³/mol. The van der Waals surface area contributed by atoms with Gasteiger partial charge in [-0.25, -0.2) is 4.98 Å². The summed E-state index contributed by atoms with van der Waals surface area (Å²) in [6.45, 7) is 0. The lowest BCUT2D eigenvalue weighted by Gasteiger charge is -2.27. The van der Waals surface area contributed by atoms with Crippen molar-refractivity contribution in [2.75, 3.05) is 17.3 Å². The molecule has 30 heavy (non-hydrogen) atoms. The van der Waals surface area contributed by atoms with E-state index >= 15 is 0 Å². The van der Waals surface area contributed by atoms with E-state index in [1.54, 1.807) is 30.3 Å². The number of likely N-dealkylation sites (N-methyl/N-ethyl adjacent to an activating group) is 1. The van der Waals surface area contributed by atoms with Crippen LogP contribution in [0.1, 0.15) is 29.6 Å². The van der Waals surface area contributed by atoms with Crippen LogP contribution in [0.2, 0.25) is 0 Å². The molecular weight excluding hydrogens is 380 g/mol. The molecular formula is C22H24N6O2. The molecule has 5 N–H and O–H groups in total. The zero-order valence-electron chi connectivity index (χ0n) is 16.7. The molecule has 8 nitrogen and oxygen atoms in total. The third-order valence-corrected chi connectivity index (χ3v) is 5.43. The van der Waals surface area contributed by atoms with E-state index in [1.807, 2.05) is 30.3 Å². The first-order chi connectivity index (χ1) is 14.4. The van der Waals surface area contributed by atoms with E-state index in [9.17, 15) is 9.59 Å². The van der Waals surface area contributed by atoms with E-state index in [2.05, 4.69) is 15.3 Å². The number of carbonyl (C=O) groups excluding carboxylic acids is 2. The van der Waals surface area contributed by atoms with Gasteiger partial charge in [0.1, 0.15) is 17.7 Å². The summed E-state index contributed by atoms with van der Waals surface area (Å²) in [5, 5.41) is 4.17. The van der Waals surface area contributed by atoms with Crippen molar-refractivity contribution in [3.05, 3.63) is 54.2 Å². The van der Waals surface area contributed by atoms with Gasteiger partial charge < -0.3 is 21.7 Å². The summed E-state index contributed by atoms with van der Waals surface area (Å²) in [6.07, 6.45) is 4.66. The molecule has 154 valence electrons. The number of anilines is 3. The van der Waals surface area contributed by atoms with Crippen LogP contribution >= 0.6 is 0 Å². The van der Waals surface area contributed by atoms with Crippen LogP contribution in [0.15, 0.2) is 48.7 Å². The van der Waals surface area contributed by atoms with Crippen LogP contribution in [0.4, 0.5) is 17.3 Å². The Bertz CT molecular complexity index is 1110. The van der Waals surface area contributed by atoms with Crippen molar-refractivity contribution in [1.82, 2.24) is 9.97 Å². The number of hydrogen-bond acceptors (Lipinski definition) is 6. The molecule has 4 rings (SSSR count). The molecule has 0 saturated heterocycles. The Kier molecular flexibility index (Phi) is 5.22. The Morgan fingerprint density at radius 2 is 2.00 bits per heavy atom. The smallest absolute Gasteiger partial charge is 0.252 e. The number of aromatic nitrogens is 2. The third-order valence-electron chi connectivity index (χ3n) is 5.43. The van der Waals surface area contributed by atoms with Crippen molar-refractivity contribution >= 4 is 40.0 Å². The quantitative estimate of drug-likeness (QED) is 0.529. The van der Waals surface area contributed by atoms with Crippen LogP contribution in [-0.4, -0.2) is 34.9 Å². The van der Waals surface area contributed by atoms with Gasteiger partial charge in [0.05, 0.1) is 11.1 Å². The summed E-state index contributed by atoms with van der Waals surface area (Å²) >= 11 is 0. The van der Waals surface area contributed by atoms with Crippen LogP contribution in [0.5, 0.6) is 0 Å². The summed E-state index contributed by atoms with van der Waals surface area (Å²) in [5.41, 5.74) is 13.0. The van der Waals surface area contributed by atoms with E-state index in [1.165, 1.54) is 0 Å². The maximum absolute atomic E-state index is 12.0. The summed E-state index contributed by atoms with van der Waals surface area (Å²) in [4.78, 5) is 34.7. The number of nitrogens with zero attached hydrogens (tertiary/aromatic N) is 3. The van der Waals surface area contributed by atoms with Gasteiger partial charge in [0.2, 0.25) is 5.91 Å². The van der Waals surface area contributed by atoms with Crippen molar-refractivity contribution in [2.24, 2.45) is 17.4 Å². The highest BCUT2D eigenvalue weighted by Crippen LogP contribution is 2.35. The van der Waals surface area contributed by atoms with Crippen LogP contribution in [0, 0.1) is 5.92 Å². The maximum atomic E-state index is 12.0. The first-order valence-electron chi connectivity index (χ1n) is 9.87. The Labute approximate surface area is 174 Å². The van der Waals surface area contributed by atoms with E-state index in [0.717, 1.165) is 29.4 Å². The molecule has 1 fully saturated rings. The molecule has 8 heteroatoms. The van der Waals surface area contributed by atoms with Gasteiger partial charge in [-0.15, -0.1) is 0 Å². The Balaban J connectivity index is 1.66. The van der Waals surface area contributed by atoms with Gasteiger partial charge in [-0.1, -0.05) is 25.0 Å². The van der Waals surface area contributed by atoms with Gasteiger partial charge >= 0.3 is 0 Å². The monoisotopic (exact) mass is 404 g/mol. The fourth-order valence-corrected chi connectivity index (χ4v) is 3.51. The van der Waals surface area contributed by atoms with Crippen LogP contribution in [0.25, 0.3) is 10.9 Å². The Morgan fingerprint density at radius 1 is 1.20 bits per heavy atom. The number of carbonyl (C=O) groups is 2. The first-order valence-corrected chi connectivity index (χ1v) is 9.87. The second-order valence-electron chi connectivity index (χ2n) is 7.67. The number of benzene rings is 1. The third kappa shape index (κ3) is 4.17. The summed E-state index contributed by atoms with van der Waals surface area (Å²) in [6, 6.07) is 12.4. The average Bonchev–Trinajstić information content (AvgIpc) is 3.55. The van der Waals surface area contributed by atoms with E-state index in [4.69, 9.17) is 11.5 Å². The number of hydrogen-bond donors (Lipinski definition) is 3. The van der Waals surface area contributed by atoms with Crippen molar-refractivity contribution in [2.45, 2.75) is 25.3 Å². The van der Waals surface area contributed by atoms with Crippen molar-refractivity contribution in [1.29, 1.82) is 0 Å². The molecule has 1 aromatic carbocycles. The minimum absolute atomic E-state index is 0.256. The lowest BCUT2D eigenvalue weighted by atomic mass is 10.1. The zero-order chi connectivity index (χ0) is 21.3. The molecule has 1 unspecified atom stereocenters. The summed E-state index contributed by atoms with van der Waals surface area (Å²) < 4.78 is 0. The van der Waals surface area contributed by atoms with Crippen LogP contribution in [-0.2, 0) is 4.79 Å². The van der Waals surface area contributed by atoms with Gasteiger partial charge in [0, 0.05) is 24.3 Å². The maximum Gasteiger partial charge on any atom is 0.252 e. The molecule has 3 aromatic rings. The van der Waals surface area contributed by atoms with E-state index in [-0.39, 0.29) is 11.5 Å². The topological polar surface area (TPSA) is 127 Å².